The fraction of sp³-hybridized carbons (Fsp3) is 0.333. The first-order chi connectivity index (χ1) is 16.5. The molecule has 2 atom stereocenters. The number of amides is 5. The molecule has 0 bridgehead atoms. The monoisotopic (exact) mass is 612 g/mol. The topological polar surface area (TPSA) is 108 Å². The van der Waals surface area contributed by atoms with Crippen LogP contribution in [-0.2, 0) is 14.4 Å². The number of benzene rings is 2. The molecule has 11 heteroatoms. The molecule has 186 valence electrons. The zero-order valence-corrected chi connectivity index (χ0v) is 22.6. The van der Waals surface area contributed by atoms with Crippen LogP contribution in [0.4, 0.5) is 10.5 Å². The van der Waals surface area contributed by atoms with Crippen molar-refractivity contribution in [1.82, 2.24) is 15.1 Å². The first-order valence-corrected chi connectivity index (χ1v) is 12.3. The number of carbonyl (C=O) groups excluding carboxylic acids is 4. The number of carbonyl (C=O) groups is 4. The van der Waals surface area contributed by atoms with Crippen molar-refractivity contribution in [3.05, 3.63) is 56.6 Å². The average Bonchev–Trinajstić information content (AvgIpc) is 3.08. The maximum atomic E-state index is 13.3. The third-order valence-electron chi connectivity index (χ3n) is 5.41. The molecular weight excluding hydrogens is 587 g/mol. The van der Waals surface area contributed by atoms with Gasteiger partial charge in [0.15, 0.2) is 6.61 Å². The summed E-state index contributed by atoms with van der Waals surface area (Å²) >= 11 is 8.34. The summed E-state index contributed by atoms with van der Waals surface area (Å²) in [7, 11) is 3.27. The minimum Gasteiger partial charge on any atom is -0.484 e. The standard InChI is InChI=1S/C24H26ClIN4O5/c1-13(2)21(22(32)27-18-10-7-15(26)11-17(18)25)30-23(33)20(28-24(30)34)14-5-8-16(9-6-14)35-12-19(31)29(3)4/h5-11,13,20-21H,12H2,1-4H3,(H,27,32)(H,28,34)/t20-,21+/m1/s1. The molecule has 1 aliphatic rings. The third kappa shape index (κ3) is 6.23. The van der Waals surface area contributed by atoms with Crippen LogP contribution in [-0.4, -0.2) is 60.3 Å². The summed E-state index contributed by atoms with van der Waals surface area (Å²) in [5.74, 6) is -1.13. The molecule has 0 radical (unpaired) electrons. The Balaban J connectivity index is 1.75. The van der Waals surface area contributed by atoms with E-state index in [1.807, 2.05) is 0 Å². The van der Waals surface area contributed by atoms with Crippen molar-refractivity contribution in [2.24, 2.45) is 5.92 Å². The molecule has 9 nitrogen and oxygen atoms in total. The number of hydrogen-bond donors (Lipinski definition) is 2. The molecule has 0 saturated carbocycles. The van der Waals surface area contributed by atoms with Gasteiger partial charge < -0.3 is 20.3 Å². The van der Waals surface area contributed by atoms with E-state index >= 15 is 0 Å². The Morgan fingerprint density at radius 1 is 1.17 bits per heavy atom. The summed E-state index contributed by atoms with van der Waals surface area (Å²) in [6.07, 6.45) is 0. The highest BCUT2D eigenvalue weighted by atomic mass is 127. The number of ether oxygens (including phenoxy) is 1. The smallest absolute Gasteiger partial charge is 0.325 e. The highest BCUT2D eigenvalue weighted by Crippen LogP contribution is 2.29. The molecule has 0 aromatic heterocycles. The van der Waals surface area contributed by atoms with E-state index in [2.05, 4.69) is 33.2 Å². The van der Waals surface area contributed by atoms with Crippen LogP contribution < -0.4 is 15.4 Å². The number of nitrogens with one attached hydrogen (secondary N) is 2. The number of rotatable bonds is 8. The molecule has 1 heterocycles. The van der Waals surface area contributed by atoms with Crippen molar-refractivity contribution in [2.75, 3.05) is 26.0 Å². The van der Waals surface area contributed by atoms with Gasteiger partial charge in [-0.15, -0.1) is 0 Å². The second-order valence-corrected chi connectivity index (χ2v) is 10.2. The Kier molecular flexibility index (Phi) is 8.60. The van der Waals surface area contributed by atoms with E-state index in [9.17, 15) is 19.2 Å². The molecule has 1 saturated heterocycles. The summed E-state index contributed by atoms with van der Waals surface area (Å²) < 4.78 is 6.36. The predicted molar refractivity (Wildman–Crippen MR) is 140 cm³/mol. The van der Waals surface area contributed by atoms with E-state index in [-0.39, 0.29) is 18.4 Å². The van der Waals surface area contributed by atoms with Crippen LogP contribution >= 0.6 is 34.2 Å². The fourth-order valence-corrected chi connectivity index (χ4v) is 4.43. The van der Waals surface area contributed by atoms with Crippen LogP contribution in [0, 0.1) is 9.49 Å². The van der Waals surface area contributed by atoms with Crippen molar-refractivity contribution in [3.8, 4) is 5.75 Å². The second kappa shape index (κ2) is 11.3. The zero-order chi connectivity index (χ0) is 25.9. The van der Waals surface area contributed by atoms with E-state index in [0.717, 1.165) is 8.47 Å². The first-order valence-electron chi connectivity index (χ1n) is 10.8. The van der Waals surface area contributed by atoms with Crippen LogP contribution in [0.1, 0.15) is 25.5 Å². The number of hydrogen-bond acceptors (Lipinski definition) is 5. The molecule has 5 amide bonds. The van der Waals surface area contributed by atoms with Crippen molar-refractivity contribution < 1.29 is 23.9 Å². The molecule has 0 unspecified atom stereocenters. The van der Waals surface area contributed by atoms with Crippen LogP contribution in [0.3, 0.4) is 0 Å². The highest BCUT2D eigenvalue weighted by molar-refractivity contribution is 14.1. The van der Waals surface area contributed by atoms with Gasteiger partial charge in [0.25, 0.3) is 11.8 Å². The molecular formula is C24H26ClIN4O5. The summed E-state index contributed by atoms with van der Waals surface area (Å²) in [5, 5.41) is 5.75. The third-order valence-corrected chi connectivity index (χ3v) is 6.40. The van der Waals surface area contributed by atoms with Gasteiger partial charge in [-0.1, -0.05) is 37.6 Å². The predicted octanol–water partition coefficient (Wildman–Crippen LogP) is 3.67. The van der Waals surface area contributed by atoms with Crippen molar-refractivity contribution in [3.63, 3.8) is 0 Å². The molecule has 1 fully saturated rings. The lowest BCUT2D eigenvalue weighted by molar-refractivity contribution is -0.135. The first kappa shape index (κ1) is 26.7. The van der Waals surface area contributed by atoms with E-state index in [1.54, 1.807) is 70.4 Å². The Hall–Kier alpha value is -2.86. The van der Waals surface area contributed by atoms with E-state index in [1.165, 1.54) is 4.90 Å². The SMILES string of the molecule is CC(C)[C@@H](C(=O)Nc1ccc(I)cc1Cl)N1C(=O)N[C@H](c2ccc(OCC(=O)N(C)C)cc2)C1=O. The molecule has 2 N–H and O–H groups in total. The summed E-state index contributed by atoms with van der Waals surface area (Å²) in [6.45, 7) is 3.40. The Labute approximate surface area is 222 Å². The van der Waals surface area contributed by atoms with Gasteiger partial charge in [-0.3, -0.25) is 14.4 Å². The lowest BCUT2D eigenvalue weighted by atomic mass is 10.0. The molecule has 0 spiro atoms. The molecule has 2 aromatic carbocycles. The van der Waals surface area contributed by atoms with Gasteiger partial charge in [0.05, 0.1) is 10.7 Å². The second-order valence-electron chi connectivity index (χ2n) is 8.54. The van der Waals surface area contributed by atoms with Crippen LogP contribution in [0.5, 0.6) is 5.75 Å². The maximum absolute atomic E-state index is 13.3. The number of anilines is 1. The summed E-state index contributed by atoms with van der Waals surface area (Å²) in [5.41, 5.74) is 0.926. The van der Waals surface area contributed by atoms with Gasteiger partial charge in [0, 0.05) is 17.7 Å². The van der Waals surface area contributed by atoms with Gasteiger partial charge in [-0.05, 0) is 64.4 Å². The van der Waals surface area contributed by atoms with E-state index in [4.69, 9.17) is 16.3 Å². The fourth-order valence-electron chi connectivity index (χ4n) is 3.53. The normalized spacial score (nSPS) is 16.2. The minimum atomic E-state index is -1.04. The molecule has 35 heavy (non-hydrogen) atoms. The summed E-state index contributed by atoms with van der Waals surface area (Å²) in [4.78, 5) is 53.3. The lowest BCUT2D eigenvalue weighted by Gasteiger charge is -2.27. The van der Waals surface area contributed by atoms with Crippen molar-refractivity contribution in [1.29, 1.82) is 0 Å². The molecule has 1 aliphatic heterocycles. The zero-order valence-electron chi connectivity index (χ0n) is 19.7. The van der Waals surface area contributed by atoms with E-state index < -0.39 is 29.9 Å². The largest absolute Gasteiger partial charge is 0.484 e. The van der Waals surface area contributed by atoms with Crippen molar-refractivity contribution in [2.45, 2.75) is 25.9 Å². The quantitative estimate of drug-likeness (QED) is 0.350. The number of halogens is 2. The molecule has 2 aromatic rings. The van der Waals surface area contributed by atoms with Gasteiger partial charge in [-0.2, -0.15) is 0 Å². The highest BCUT2D eigenvalue weighted by Gasteiger charge is 2.46. The summed E-state index contributed by atoms with van der Waals surface area (Å²) in [6, 6.07) is 9.03. The number of imide groups is 1. The number of nitrogens with zero attached hydrogens (tertiary/aromatic N) is 2. The van der Waals surface area contributed by atoms with Gasteiger partial charge in [0.2, 0.25) is 5.91 Å². The minimum absolute atomic E-state index is 0.116. The van der Waals surface area contributed by atoms with Crippen LogP contribution in [0.25, 0.3) is 0 Å². The average molecular weight is 613 g/mol. The number of urea groups is 1. The Morgan fingerprint density at radius 3 is 2.40 bits per heavy atom. The van der Waals surface area contributed by atoms with Crippen LogP contribution in [0.15, 0.2) is 42.5 Å². The van der Waals surface area contributed by atoms with E-state index in [0.29, 0.717) is 22.0 Å². The maximum Gasteiger partial charge on any atom is 0.325 e. The molecule has 3 rings (SSSR count). The van der Waals surface area contributed by atoms with Gasteiger partial charge in [0.1, 0.15) is 17.8 Å². The van der Waals surface area contributed by atoms with Gasteiger partial charge in [-0.25, -0.2) is 9.69 Å². The lowest BCUT2D eigenvalue weighted by Crippen LogP contribution is -2.50. The molecule has 0 aliphatic carbocycles. The Bertz CT molecular complexity index is 1140. The van der Waals surface area contributed by atoms with Crippen molar-refractivity contribution >= 4 is 63.6 Å². The Morgan fingerprint density at radius 2 is 1.83 bits per heavy atom. The van der Waals surface area contributed by atoms with Gasteiger partial charge >= 0.3 is 6.03 Å². The number of likely N-dealkylation sites (N-methyl/N-ethyl adjacent to an activating group) is 1. The van der Waals surface area contributed by atoms with Crippen LogP contribution in [0.2, 0.25) is 5.02 Å².